The Kier molecular flexibility index (Phi) is 5.83. The van der Waals surface area contributed by atoms with E-state index in [2.05, 4.69) is 9.71 Å². The molecule has 0 aliphatic heterocycles. The van der Waals surface area contributed by atoms with Crippen molar-refractivity contribution < 1.29 is 21.6 Å². The molecular formula is C21H27N3O5S2. The third-order valence-electron chi connectivity index (χ3n) is 4.97. The molecule has 0 atom stereocenters. The molecule has 168 valence electrons. The van der Waals surface area contributed by atoms with Crippen LogP contribution in [-0.4, -0.2) is 44.3 Å². The van der Waals surface area contributed by atoms with Gasteiger partial charge >= 0.3 is 0 Å². The Morgan fingerprint density at radius 3 is 2.35 bits per heavy atom. The smallest absolute Gasteiger partial charge is 0.229 e. The van der Waals surface area contributed by atoms with Crippen molar-refractivity contribution in [1.82, 2.24) is 9.38 Å². The molecule has 1 N–H and O–H groups in total. The van der Waals surface area contributed by atoms with Crippen LogP contribution >= 0.6 is 0 Å². The molecule has 0 saturated heterocycles. The number of anilines is 1. The number of nitrogens with zero attached hydrogens (tertiary/aromatic N) is 2. The number of hydrogen-bond acceptors (Lipinski definition) is 6. The lowest BCUT2D eigenvalue weighted by molar-refractivity contribution is 0.401. The topological polar surface area (TPSA) is 107 Å². The molecule has 0 amide bonds. The highest BCUT2D eigenvalue weighted by molar-refractivity contribution is 7.93. The first kappa shape index (κ1) is 23.1. The van der Waals surface area contributed by atoms with Crippen LogP contribution < -0.4 is 9.46 Å². The van der Waals surface area contributed by atoms with Crippen LogP contribution in [-0.2, 0) is 26.3 Å². The third kappa shape index (κ3) is 4.40. The molecule has 31 heavy (non-hydrogen) atoms. The molecule has 1 aromatic carbocycles. The molecule has 2 aromatic heterocycles. The summed E-state index contributed by atoms with van der Waals surface area (Å²) in [6, 6.07) is 7.01. The Morgan fingerprint density at radius 1 is 1.13 bits per heavy atom. The van der Waals surface area contributed by atoms with E-state index in [1.54, 1.807) is 43.5 Å². The zero-order valence-corrected chi connectivity index (χ0v) is 20.1. The number of pyridine rings is 1. The molecule has 0 spiro atoms. The normalized spacial score (nSPS) is 12.8. The van der Waals surface area contributed by atoms with Gasteiger partial charge in [-0.3, -0.25) is 9.12 Å². The highest BCUT2D eigenvalue weighted by Gasteiger charge is 2.34. The van der Waals surface area contributed by atoms with Crippen molar-refractivity contribution in [2.75, 3.05) is 18.1 Å². The molecule has 10 heteroatoms. The number of imidazole rings is 1. The number of nitrogens with one attached hydrogen (secondary N) is 1. The van der Waals surface area contributed by atoms with Crippen molar-refractivity contribution in [3.05, 3.63) is 42.2 Å². The van der Waals surface area contributed by atoms with E-state index in [0.717, 1.165) is 11.8 Å². The van der Waals surface area contributed by atoms with Gasteiger partial charge in [-0.25, -0.2) is 21.8 Å². The van der Waals surface area contributed by atoms with Gasteiger partial charge in [0.15, 0.2) is 9.84 Å². The maximum Gasteiger partial charge on any atom is 0.229 e. The van der Waals surface area contributed by atoms with Crippen molar-refractivity contribution in [3.63, 3.8) is 0 Å². The minimum Gasteiger partial charge on any atom is -0.495 e. The molecule has 0 unspecified atom stereocenters. The van der Waals surface area contributed by atoms with Crippen molar-refractivity contribution in [2.45, 2.75) is 43.8 Å². The van der Waals surface area contributed by atoms with Crippen LogP contribution in [0.25, 0.3) is 16.9 Å². The number of aromatic nitrogens is 2. The first-order chi connectivity index (χ1) is 14.3. The summed E-state index contributed by atoms with van der Waals surface area (Å²) in [6.45, 7) is 6.83. The van der Waals surface area contributed by atoms with Crippen molar-refractivity contribution in [3.8, 4) is 17.0 Å². The van der Waals surface area contributed by atoms with Gasteiger partial charge in [-0.2, -0.15) is 0 Å². The average Bonchev–Trinajstić information content (AvgIpc) is 3.07. The maximum atomic E-state index is 13.2. The van der Waals surface area contributed by atoms with E-state index < -0.39 is 24.6 Å². The van der Waals surface area contributed by atoms with Crippen LogP contribution in [0, 0.1) is 0 Å². The molecule has 0 fully saturated rings. The van der Waals surface area contributed by atoms with Gasteiger partial charge in [-0.15, -0.1) is 0 Å². The van der Waals surface area contributed by atoms with Crippen LogP contribution in [0.2, 0.25) is 0 Å². The number of fused-ring (bicyclic) bond motifs is 1. The van der Waals surface area contributed by atoms with E-state index >= 15 is 0 Å². The SMILES string of the molecule is CCc1ccc(-c2cnc3cc(OC)c(S(=O)(=O)C(C)(C)C)cn23)cc1NS(C)(=O)=O. The van der Waals surface area contributed by atoms with Crippen molar-refractivity contribution in [2.24, 2.45) is 0 Å². The summed E-state index contributed by atoms with van der Waals surface area (Å²) in [5, 5.41) is 0. The standard InChI is InChI=1S/C21H27N3O5S2/c1-7-14-8-9-15(10-16(14)23-30(6,25)26)17-12-22-20-11-18(29-5)19(13-24(17)20)31(27,28)21(2,3)4/h8-13,23H,7H2,1-6H3. The zero-order valence-electron chi connectivity index (χ0n) is 18.4. The zero-order chi connectivity index (χ0) is 23.2. The van der Waals surface area contributed by atoms with Gasteiger partial charge in [0.1, 0.15) is 16.3 Å². The fourth-order valence-electron chi connectivity index (χ4n) is 3.23. The lowest BCUT2D eigenvalue weighted by Crippen LogP contribution is -2.28. The largest absolute Gasteiger partial charge is 0.495 e. The van der Waals surface area contributed by atoms with Crippen molar-refractivity contribution >= 4 is 31.2 Å². The average molecular weight is 466 g/mol. The fourth-order valence-corrected chi connectivity index (χ4v) is 5.13. The van der Waals surface area contributed by atoms with E-state index in [1.807, 2.05) is 19.1 Å². The minimum absolute atomic E-state index is 0.0638. The maximum absolute atomic E-state index is 13.2. The van der Waals surface area contributed by atoms with Gasteiger partial charge in [-0.05, 0) is 38.8 Å². The van der Waals surface area contributed by atoms with Crippen LogP contribution in [0.1, 0.15) is 33.3 Å². The second-order valence-corrected chi connectivity index (χ2v) is 12.7. The van der Waals surface area contributed by atoms with Crippen molar-refractivity contribution in [1.29, 1.82) is 0 Å². The Morgan fingerprint density at radius 2 is 1.81 bits per heavy atom. The first-order valence-corrected chi connectivity index (χ1v) is 13.1. The van der Waals surface area contributed by atoms with Gasteiger partial charge in [0.25, 0.3) is 0 Å². The number of ether oxygens (including phenoxy) is 1. The van der Waals surface area contributed by atoms with Gasteiger partial charge in [-0.1, -0.05) is 19.1 Å². The summed E-state index contributed by atoms with van der Waals surface area (Å²) in [7, 11) is -5.73. The number of sulfonamides is 1. The summed E-state index contributed by atoms with van der Waals surface area (Å²) in [5.74, 6) is 0.223. The van der Waals surface area contributed by atoms with Crippen LogP contribution in [0.4, 0.5) is 5.69 Å². The fraction of sp³-hybridized carbons (Fsp3) is 0.381. The van der Waals surface area contributed by atoms with Crippen LogP contribution in [0.3, 0.4) is 0 Å². The molecule has 0 aliphatic carbocycles. The van der Waals surface area contributed by atoms with Gasteiger partial charge in [0.05, 0.1) is 35.7 Å². The number of aryl methyl sites for hydroxylation is 1. The molecule has 0 radical (unpaired) electrons. The van der Waals surface area contributed by atoms with E-state index in [9.17, 15) is 16.8 Å². The summed E-state index contributed by atoms with van der Waals surface area (Å²) in [6.07, 6.45) is 4.88. The number of sulfone groups is 1. The van der Waals surface area contributed by atoms with Crippen LogP contribution in [0.5, 0.6) is 5.75 Å². The summed E-state index contributed by atoms with van der Waals surface area (Å²) >= 11 is 0. The monoisotopic (exact) mass is 465 g/mol. The second-order valence-electron chi connectivity index (χ2n) is 8.29. The Bertz CT molecular complexity index is 1350. The van der Waals surface area contributed by atoms with E-state index in [-0.39, 0.29) is 10.6 Å². The number of rotatable bonds is 6. The van der Waals surface area contributed by atoms with Crippen LogP contribution in [0.15, 0.2) is 41.6 Å². The molecule has 0 saturated carbocycles. The first-order valence-electron chi connectivity index (χ1n) is 9.69. The third-order valence-corrected chi connectivity index (χ3v) is 8.06. The van der Waals surface area contributed by atoms with Gasteiger partial charge < -0.3 is 4.74 Å². The predicted molar refractivity (Wildman–Crippen MR) is 122 cm³/mol. The molecule has 8 nitrogen and oxygen atoms in total. The Hall–Kier alpha value is -2.59. The second kappa shape index (κ2) is 7.83. The lowest BCUT2D eigenvalue weighted by Gasteiger charge is -2.21. The molecular weight excluding hydrogens is 438 g/mol. The quantitative estimate of drug-likeness (QED) is 0.597. The van der Waals surface area contributed by atoms with Gasteiger partial charge in [0.2, 0.25) is 10.0 Å². The Labute approximate surface area is 183 Å². The Balaban J connectivity index is 2.26. The van der Waals surface area contributed by atoms with E-state index in [4.69, 9.17) is 4.74 Å². The lowest BCUT2D eigenvalue weighted by atomic mass is 10.1. The molecule has 3 aromatic rings. The van der Waals surface area contributed by atoms with Gasteiger partial charge in [0, 0.05) is 17.8 Å². The summed E-state index contributed by atoms with van der Waals surface area (Å²) in [4.78, 5) is 4.45. The molecule has 0 aliphatic rings. The number of methoxy groups -OCH3 is 1. The summed E-state index contributed by atoms with van der Waals surface area (Å²) < 4.78 is 58.4. The van der Waals surface area contributed by atoms with E-state index in [1.165, 1.54) is 13.3 Å². The number of benzene rings is 1. The molecule has 3 rings (SSSR count). The highest BCUT2D eigenvalue weighted by atomic mass is 32.2. The number of hydrogen-bond donors (Lipinski definition) is 1. The molecule has 0 bridgehead atoms. The molecule has 2 heterocycles. The highest BCUT2D eigenvalue weighted by Crippen LogP contribution is 2.35. The predicted octanol–water partition coefficient (Wildman–Crippen LogP) is 3.52. The van der Waals surface area contributed by atoms with E-state index in [0.29, 0.717) is 29.0 Å². The summed E-state index contributed by atoms with van der Waals surface area (Å²) in [5.41, 5.74) is 3.16. The minimum atomic E-state index is -3.70.